The first kappa shape index (κ1) is 12.4. The molecule has 0 saturated carbocycles. The molecule has 0 bridgehead atoms. The lowest BCUT2D eigenvalue weighted by molar-refractivity contribution is 0.161. The molecule has 1 fully saturated rings. The molecular formula is C14H22N2O. The Hall–Kier alpha value is -1.09. The average molecular weight is 234 g/mol. The van der Waals surface area contributed by atoms with Crippen LogP contribution in [0.4, 0.5) is 5.69 Å². The van der Waals surface area contributed by atoms with E-state index in [1.165, 1.54) is 5.69 Å². The molecule has 1 N–H and O–H groups in total. The van der Waals surface area contributed by atoms with Crippen LogP contribution in [-0.2, 0) is 0 Å². The number of nitrogens with zero attached hydrogens (tertiary/aromatic N) is 2. The number of pyridine rings is 1. The van der Waals surface area contributed by atoms with Gasteiger partial charge < -0.3 is 10.0 Å². The molecule has 0 amide bonds. The van der Waals surface area contributed by atoms with E-state index < -0.39 is 0 Å². The lowest BCUT2D eigenvalue weighted by Crippen LogP contribution is -2.24. The summed E-state index contributed by atoms with van der Waals surface area (Å²) in [5.74, 6) is 0.481. The summed E-state index contributed by atoms with van der Waals surface area (Å²) < 4.78 is 0. The monoisotopic (exact) mass is 234 g/mol. The zero-order valence-corrected chi connectivity index (χ0v) is 10.8. The predicted octanol–water partition coefficient (Wildman–Crippen LogP) is 2.56. The Morgan fingerprint density at radius 1 is 1.29 bits per heavy atom. The van der Waals surface area contributed by atoms with Gasteiger partial charge in [0.15, 0.2) is 0 Å². The maximum absolute atomic E-state index is 9.63. The summed E-state index contributed by atoms with van der Waals surface area (Å²) in [6.45, 7) is 6.28. The molecule has 1 aromatic heterocycles. The van der Waals surface area contributed by atoms with Crippen molar-refractivity contribution in [3.05, 3.63) is 24.0 Å². The molecule has 3 heteroatoms. The third kappa shape index (κ3) is 3.19. The zero-order valence-electron chi connectivity index (χ0n) is 10.8. The van der Waals surface area contributed by atoms with Crippen molar-refractivity contribution in [3.8, 4) is 0 Å². The van der Waals surface area contributed by atoms with Crippen LogP contribution in [0.25, 0.3) is 0 Å². The zero-order chi connectivity index (χ0) is 12.3. The second kappa shape index (κ2) is 5.50. The fourth-order valence-corrected chi connectivity index (χ4v) is 2.26. The van der Waals surface area contributed by atoms with Crippen molar-refractivity contribution < 1.29 is 5.11 Å². The van der Waals surface area contributed by atoms with E-state index in [-0.39, 0.29) is 6.10 Å². The van der Waals surface area contributed by atoms with Gasteiger partial charge in [0, 0.05) is 18.8 Å². The number of rotatable bonds is 2. The molecule has 2 heterocycles. The molecule has 17 heavy (non-hydrogen) atoms. The van der Waals surface area contributed by atoms with Crippen molar-refractivity contribution in [1.29, 1.82) is 0 Å². The summed E-state index contributed by atoms with van der Waals surface area (Å²) in [5, 5.41) is 9.63. The fourth-order valence-electron chi connectivity index (χ4n) is 2.26. The molecule has 1 aliphatic rings. The van der Waals surface area contributed by atoms with Crippen molar-refractivity contribution >= 4 is 5.69 Å². The Labute approximate surface area is 103 Å². The second-order valence-electron chi connectivity index (χ2n) is 5.17. The molecule has 0 radical (unpaired) electrons. The van der Waals surface area contributed by atoms with Crippen molar-refractivity contribution in [2.75, 3.05) is 18.0 Å². The van der Waals surface area contributed by atoms with Crippen molar-refractivity contribution in [2.24, 2.45) is 0 Å². The van der Waals surface area contributed by atoms with E-state index in [4.69, 9.17) is 0 Å². The summed E-state index contributed by atoms with van der Waals surface area (Å²) >= 11 is 0. The number of hydrogen-bond donors (Lipinski definition) is 1. The molecule has 2 rings (SSSR count). The first-order chi connectivity index (χ1) is 8.16. The van der Waals surface area contributed by atoms with Crippen LogP contribution in [0.2, 0.25) is 0 Å². The maximum Gasteiger partial charge on any atom is 0.0557 e. The highest BCUT2D eigenvalue weighted by Gasteiger charge is 2.15. The Balaban J connectivity index is 2.06. The maximum atomic E-state index is 9.63. The minimum absolute atomic E-state index is 0.122. The molecule has 0 spiro atoms. The van der Waals surface area contributed by atoms with Gasteiger partial charge in [-0.15, -0.1) is 0 Å². The Morgan fingerprint density at radius 2 is 2.12 bits per heavy atom. The lowest BCUT2D eigenvalue weighted by atomic mass is 10.1. The van der Waals surface area contributed by atoms with Gasteiger partial charge in [-0.1, -0.05) is 13.8 Å². The quantitative estimate of drug-likeness (QED) is 0.854. The molecule has 1 aliphatic heterocycles. The van der Waals surface area contributed by atoms with E-state index in [2.05, 4.69) is 35.9 Å². The molecule has 1 saturated heterocycles. The third-order valence-electron chi connectivity index (χ3n) is 3.43. The van der Waals surface area contributed by atoms with Gasteiger partial charge in [-0.25, -0.2) is 0 Å². The van der Waals surface area contributed by atoms with E-state index >= 15 is 0 Å². The Kier molecular flexibility index (Phi) is 4.00. The van der Waals surface area contributed by atoms with Crippen LogP contribution in [0, 0.1) is 0 Å². The van der Waals surface area contributed by atoms with Gasteiger partial charge in [0.05, 0.1) is 18.0 Å². The van der Waals surface area contributed by atoms with Crippen LogP contribution in [0.5, 0.6) is 0 Å². The highest BCUT2D eigenvalue weighted by Crippen LogP contribution is 2.20. The smallest absolute Gasteiger partial charge is 0.0557 e. The number of aromatic nitrogens is 1. The first-order valence-corrected chi connectivity index (χ1v) is 6.56. The van der Waals surface area contributed by atoms with E-state index in [0.717, 1.165) is 38.0 Å². The Morgan fingerprint density at radius 3 is 2.76 bits per heavy atom. The highest BCUT2D eigenvalue weighted by molar-refractivity contribution is 5.44. The Bertz CT molecular complexity index is 348. The summed E-state index contributed by atoms with van der Waals surface area (Å²) in [5.41, 5.74) is 2.33. The van der Waals surface area contributed by atoms with Gasteiger partial charge in [0.2, 0.25) is 0 Å². The van der Waals surface area contributed by atoms with Gasteiger partial charge >= 0.3 is 0 Å². The van der Waals surface area contributed by atoms with Crippen molar-refractivity contribution in [2.45, 2.75) is 45.1 Å². The standard InChI is InChI=1S/C14H22N2O/c1-11(2)14-6-5-12(10-15-14)16-8-3-4-13(17)7-9-16/h5-6,10-11,13,17H,3-4,7-9H2,1-2H3/t13-/m0/s1. The average Bonchev–Trinajstić information content (AvgIpc) is 2.54. The largest absolute Gasteiger partial charge is 0.393 e. The molecule has 1 aromatic rings. The summed E-state index contributed by atoms with van der Waals surface area (Å²) in [4.78, 5) is 6.83. The van der Waals surface area contributed by atoms with E-state index in [9.17, 15) is 5.11 Å². The molecule has 0 unspecified atom stereocenters. The number of hydrogen-bond acceptors (Lipinski definition) is 3. The van der Waals surface area contributed by atoms with E-state index in [0.29, 0.717) is 5.92 Å². The van der Waals surface area contributed by atoms with Crippen LogP contribution in [0.3, 0.4) is 0 Å². The SMILES string of the molecule is CC(C)c1ccc(N2CCC[C@H](O)CC2)cn1. The predicted molar refractivity (Wildman–Crippen MR) is 70.4 cm³/mol. The molecule has 1 atom stereocenters. The van der Waals surface area contributed by atoms with Crippen LogP contribution in [0.15, 0.2) is 18.3 Å². The van der Waals surface area contributed by atoms with Crippen LogP contribution in [-0.4, -0.2) is 29.3 Å². The van der Waals surface area contributed by atoms with Gasteiger partial charge in [-0.05, 0) is 37.3 Å². The topological polar surface area (TPSA) is 36.4 Å². The van der Waals surface area contributed by atoms with Crippen molar-refractivity contribution in [3.63, 3.8) is 0 Å². The molecule has 3 nitrogen and oxygen atoms in total. The normalized spacial score (nSPS) is 21.6. The number of anilines is 1. The second-order valence-corrected chi connectivity index (χ2v) is 5.17. The minimum atomic E-state index is -0.122. The van der Waals surface area contributed by atoms with Crippen molar-refractivity contribution in [1.82, 2.24) is 4.98 Å². The van der Waals surface area contributed by atoms with E-state index in [1.54, 1.807) is 0 Å². The van der Waals surface area contributed by atoms with Gasteiger partial charge in [-0.3, -0.25) is 4.98 Å². The molecule has 0 aromatic carbocycles. The van der Waals surface area contributed by atoms with Crippen LogP contribution < -0.4 is 4.90 Å². The first-order valence-electron chi connectivity index (χ1n) is 6.56. The van der Waals surface area contributed by atoms with Gasteiger partial charge in [-0.2, -0.15) is 0 Å². The van der Waals surface area contributed by atoms with Gasteiger partial charge in [0.1, 0.15) is 0 Å². The lowest BCUT2D eigenvalue weighted by Gasteiger charge is -2.22. The number of aliphatic hydroxyl groups is 1. The molecular weight excluding hydrogens is 212 g/mol. The highest BCUT2D eigenvalue weighted by atomic mass is 16.3. The fraction of sp³-hybridized carbons (Fsp3) is 0.643. The summed E-state index contributed by atoms with van der Waals surface area (Å²) in [6.07, 6.45) is 4.70. The third-order valence-corrected chi connectivity index (χ3v) is 3.43. The minimum Gasteiger partial charge on any atom is -0.393 e. The van der Waals surface area contributed by atoms with Gasteiger partial charge in [0.25, 0.3) is 0 Å². The van der Waals surface area contributed by atoms with Crippen LogP contribution >= 0.6 is 0 Å². The molecule has 0 aliphatic carbocycles. The summed E-state index contributed by atoms with van der Waals surface area (Å²) in [6, 6.07) is 4.27. The number of aliphatic hydroxyl groups excluding tert-OH is 1. The van der Waals surface area contributed by atoms with E-state index in [1.807, 2.05) is 6.20 Å². The van der Waals surface area contributed by atoms with Crippen LogP contribution in [0.1, 0.15) is 44.7 Å². The summed E-state index contributed by atoms with van der Waals surface area (Å²) in [7, 11) is 0. The molecule has 94 valence electrons.